The number of rotatable bonds is 76. The van der Waals surface area contributed by atoms with Gasteiger partial charge in [-0.25, -0.2) is 9.13 Å². The molecular weight excluding hydrogens is 1350 g/mol. The number of allylic oxidation sites excluding steroid dienone is 20. The van der Waals surface area contributed by atoms with Crippen molar-refractivity contribution >= 4 is 39.5 Å². The van der Waals surface area contributed by atoms with Crippen LogP contribution in [-0.2, 0) is 65.4 Å². The van der Waals surface area contributed by atoms with Gasteiger partial charge in [-0.05, 0) is 154 Å². The minimum absolute atomic E-state index is 0.0695. The molecule has 0 saturated carbocycles. The Morgan fingerprint density at radius 1 is 0.279 bits per heavy atom. The van der Waals surface area contributed by atoms with Crippen molar-refractivity contribution in [3.63, 3.8) is 0 Å². The minimum Gasteiger partial charge on any atom is -0.462 e. The van der Waals surface area contributed by atoms with Gasteiger partial charge in [-0.15, -0.1) is 0 Å². The Morgan fingerprint density at radius 2 is 0.500 bits per heavy atom. The van der Waals surface area contributed by atoms with Crippen LogP contribution in [0.25, 0.3) is 0 Å². The first-order valence-corrected chi connectivity index (χ1v) is 43.8. The summed E-state index contributed by atoms with van der Waals surface area (Å²) in [5.41, 5.74) is 0. The van der Waals surface area contributed by atoms with Crippen LogP contribution in [0.3, 0.4) is 0 Å². The largest absolute Gasteiger partial charge is 0.472 e. The lowest BCUT2D eigenvalue weighted by Crippen LogP contribution is -2.30. The van der Waals surface area contributed by atoms with Crippen molar-refractivity contribution < 1.29 is 80.2 Å². The molecule has 0 aromatic rings. The van der Waals surface area contributed by atoms with Crippen molar-refractivity contribution in [3.8, 4) is 0 Å². The van der Waals surface area contributed by atoms with Crippen LogP contribution in [0.5, 0.6) is 0 Å². The molecule has 0 aromatic carbocycles. The molecule has 0 aliphatic carbocycles. The highest BCUT2D eigenvalue weighted by Gasteiger charge is 2.30. The maximum atomic E-state index is 13.1. The number of carbonyl (C=O) groups excluding carboxylic acids is 4. The zero-order valence-electron chi connectivity index (χ0n) is 65.4. The Morgan fingerprint density at radius 3 is 0.798 bits per heavy atom. The number of hydrogen-bond donors (Lipinski definition) is 3. The fourth-order valence-corrected chi connectivity index (χ4v) is 12.3. The number of aliphatic hydroxyl groups excluding tert-OH is 1. The van der Waals surface area contributed by atoms with Crippen LogP contribution in [0.4, 0.5) is 0 Å². The van der Waals surface area contributed by atoms with Gasteiger partial charge in [0.15, 0.2) is 12.2 Å². The van der Waals surface area contributed by atoms with E-state index in [1.807, 2.05) is 0 Å². The second kappa shape index (κ2) is 76.6. The molecule has 0 heterocycles. The van der Waals surface area contributed by atoms with Gasteiger partial charge in [0.1, 0.15) is 19.3 Å². The second-order valence-electron chi connectivity index (χ2n) is 26.9. The van der Waals surface area contributed by atoms with E-state index in [0.717, 1.165) is 199 Å². The molecule has 5 unspecified atom stereocenters. The van der Waals surface area contributed by atoms with Gasteiger partial charge in [-0.2, -0.15) is 0 Å². The summed E-state index contributed by atoms with van der Waals surface area (Å²) in [6, 6.07) is 0. The third-order valence-corrected chi connectivity index (χ3v) is 18.8. The standard InChI is InChI=1S/C85H146O17P2/c1-5-9-13-17-21-25-29-33-37-38-39-40-44-46-50-54-58-62-66-70-83(88)96-76-81(102-85(90)72-68-64-60-56-52-48-43-36-32-28-24-20-16-12-8-4)78-100-104(93,94)98-74-79(86)73-97-103(91,92)99-77-80(101-84(89)71-67-63-59-55-51-47-42-35-31-27-23-19-15-11-7-3)75-95-82(87)69-65-61-57-53-49-45-41-34-30-26-22-18-14-10-6-2/h9,12-13,16,21-22,24-26,28,33-37,39-43,79-81,86H,5-8,10-11,14-15,17-20,23,27,29-32,38,44-78H2,1-4H3,(H,91,92)(H,93,94)/b13-9-,16-12-,25-21-,26-22-,28-24-,37-33-,40-39-,41-34-,42-35-,43-36-. The number of esters is 4. The first-order chi connectivity index (χ1) is 50.7. The van der Waals surface area contributed by atoms with E-state index in [4.69, 9.17) is 37.0 Å². The normalized spacial score (nSPS) is 14.5. The van der Waals surface area contributed by atoms with Gasteiger partial charge >= 0.3 is 39.5 Å². The first-order valence-electron chi connectivity index (χ1n) is 40.8. The molecule has 0 aliphatic rings. The molecule has 104 heavy (non-hydrogen) atoms. The molecule has 0 fully saturated rings. The molecule has 0 amide bonds. The molecule has 0 radical (unpaired) electrons. The lowest BCUT2D eigenvalue weighted by molar-refractivity contribution is -0.161. The molecule has 0 spiro atoms. The number of unbranched alkanes of at least 4 members (excludes halogenated alkanes) is 30. The van der Waals surface area contributed by atoms with E-state index in [1.54, 1.807) is 0 Å². The lowest BCUT2D eigenvalue weighted by Gasteiger charge is -2.21. The maximum Gasteiger partial charge on any atom is 0.472 e. The van der Waals surface area contributed by atoms with Gasteiger partial charge < -0.3 is 33.8 Å². The second-order valence-corrected chi connectivity index (χ2v) is 29.8. The highest BCUT2D eigenvalue weighted by atomic mass is 31.2. The fourth-order valence-electron chi connectivity index (χ4n) is 10.7. The Kier molecular flexibility index (Phi) is 73.3. The maximum absolute atomic E-state index is 13.1. The molecule has 0 rings (SSSR count). The molecule has 17 nitrogen and oxygen atoms in total. The summed E-state index contributed by atoms with van der Waals surface area (Å²) in [5, 5.41) is 10.6. The summed E-state index contributed by atoms with van der Waals surface area (Å²) in [6.45, 7) is 4.59. The summed E-state index contributed by atoms with van der Waals surface area (Å²) < 4.78 is 68.6. The quantitative estimate of drug-likeness (QED) is 0.0169. The zero-order chi connectivity index (χ0) is 76.0. The number of phosphoric acid groups is 2. The number of carbonyl (C=O) groups is 4. The van der Waals surface area contributed by atoms with E-state index in [-0.39, 0.29) is 25.7 Å². The molecule has 0 aliphatic heterocycles. The smallest absolute Gasteiger partial charge is 0.462 e. The van der Waals surface area contributed by atoms with Crippen molar-refractivity contribution in [2.45, 2.75) is 354 Å². The van der Waals surface area contributed by atoms with Crippen molar-refractivity contribution in [2.75, 3.05) is 39.6 Å². The van der Waals surface area contributed by atoms with Crippen LogP contribution in [-0.4, -0.2) is 96.7 Å². The highest BCUT2D eigenvalue weighted by molar-refractivity contribution is 7.47. The summed E-state index contributed by atoms with van der Waals surface area (Å²) in [6.07, 6.45) is 84.5. The fraction of sp³-hybridized carbons (Fsp3) is 0.718. The van der Waals surface area contributed by atoms with E-state index in [0.29, 0.717) is 25.7 Å². The van der Waals surface area contributed by atoms with Crippen molar-refractivity contribution in [1.82, 2.24) is 0 Å². The van der Waals surface area contributed by atoms with E-state index in [9.17, 15) is 43.2 Å². The number of aliphatic hydroxyl groups is 1. The highest BCUT2D eigenvalue weighted by Crippen LogP contribution is 2.45. The number of phosphoric ester groups is 2. The van der Waals surface area contributed by atoms with Crippen molar-refractivity contribution in [2.24, 2.45) is 0 Å². The average Bonchev–Trinajstić information content (AvgIpc) is 0.918. The van der Waals surface area contributed by atoms with Gasteiger partial charge in [-0.1, -0.05) is 278 Å². The minimum atomic E-state index is -4.99. The summed E-state index contributed by atoms with van der Waals surface area (Å²) >= 11 is 0. The van der Waals surface area contributed by atoms with Crippen LogP contribution < -0.4 is 0 Å². The SMILES string of the molecule is CC/C=C\C/C=C\C/C=C\C/C=C\CCCCCCCCC(=O)OCC(COP(=O)(O)OCC(O)COP(=O)(O)OCC(COC(=O)CCCCCCC/C=C\C/C=C\CCCCC)OC(=O)CCCCCCC/C=C\CCCCCCCC)OC(=O)CCCCCCC/C=C\C/C=C\C/C=C\CC. The zero-order valence-corrected chi connectivity index (χ0v) is 67.2. The molecule has 0 saturated heterocycles. The van der Waals surface area contributed by atoms with E-state index in [2.05, 4.69) is 149 Å². The Bertz CT molecular complexity index is 2440. The summed E-state index contributed by atoms with van der Waals surface area (Å²) in [7, 11) is -9.97. The van der Waals surface area contributed by atoms with Gasteiger partial charge in [0, 0.05) is 25.7 Å². The summed E-state index contributed by atoms with van der Waals surface area (Å²) in [5.74, 6) is -2.22. The predicted octanol–water partition coefficient (Wildman–Crippen LogP) is 23.9. The van der Waals surface area contributed by atoms with Crippen LogP contribution in [0, 0.1) is 0 Å². The number of hydrogen-bond acceptors (Lipinski definition) is 15. The Labute approximate surface area is 632 Å². The van der Waals surface area contributed by atoms with Crippen molar-refractivity contribution in [3.05, 3.63) is 122 Å². The number of ether oxygens (including phenoxy) is 4. The van der Waals surface area contributed by atoms with Gasteiger partial charge in [0.25, 0.3) is 0 Å². The van der Waals surface area contributed by atoms with Crippen LogP contribution >= 0.6 is 15.6 Å². The summed E-state index contributed by atoms with van der Waals surface area (Å²) in [4.78, 5) is 73.1. The topological polar surface area (TPSA) is 237 Å². The molecule has 0 aromatic heterocycles. The third-order valence-electron chi connectivity index (χ3n) is 16.9. The predicted molar refractivity (Wildman–Crippen MR) is 427 cm³/mol. The molecule has 19 heteroatoms. The molecule has 0 bridgehead atoms. The first kappa shape index (κ1) is 99.5. The lowest BCUT2D eigenvalue weighted by atomic mass is 10.1. The molecule has 598 valence electrons. The van der Waals surface area contributed by atoms with Gasteiger partial charge in [0.2, 0.25) is 0 Å². The average molecular weight is 1500 g/mol. The van der Waals surface area contributed by atoms with E-state index >= 15 is 0 Å². The van der Waals surface area contributed by atoms with Crippen LogP contribution in [0.2, 0.25) is 0 Å². The Hall–Kier alpha value is -4.54. The van der Waals surface area contributed by atoms with Crippen molar-refractivity contribution in [1.29, 1.82) is 0 Å². The van der Waals surface area contributed by atoms with Crippen LogP contribution in [0.1, 0.15) is 336 Å². The van der Waals surface area contributed by atoms with Gasteiger partial charge in [-0.3, -0.25) is 37.3 Å². The molecule has 3 N–H and O–H groups in total. The van der Waals surface area contributed by atoms with E-state index in [1.165, 1.54) is 57.8 Å². The van der Waals surface area contributed by atoms with Gasteiger partial charge in [0.05, 0.1) is 26.4 Å². The van der Waals surface area contributed by atoms with E-state index < -0.39 is 97.5 Å². The molecular formula is C85H146O17P2. The van der Waals surface area contributed by atoms with Crippen LogP contribution in [0.15, 0.2) is 122 Å². The Balaban J connectivity index is 5.39. The molecule has 5 atom stereocenters. The monoisotopic (exact) mass is 1500 g/mol. The third kappa shape index (κ3) is 75.7.